The van der Waals surface area contributed by atoms with Crippen LogP contribution in [0.5, 0.6) is 5.75 Å². The number of fused-ring (bicyclic) bond motifs is 2. The Balaban J connectivity index is 1.57. The van der Waals surface area contributed by atoms with Crippen molar-refractivity contribution in [2.45, 2.75) is 6.42 Å². The van der Waals surface area contributed by atoms with Crippen molar-refractivity contribution in [1.29, 1.82) is 0 Å². The number of halogens is 1. The molecule has 0 aliphatic heterocycles. The lowest BCUT2D eigenvalue weighted by atomic mass is 10.1. The number of aromatic nitrogens is 2. The maximum Gasteiger partial charge on any atom is 0.125 e. The molecule has 0 bridgehead atoms. The third-order valence-corrected chi connectivity index (χ3v) is 4.80. The van der Waals surface area contributed by atoms with Gasteiger partial charge < -0.3 is 15.4 Å². The highest BCUT2D eigenvalue weighted by atomic mass is 35.5. The topological polar surface area (TPSA) is 59.1 Å². The molecule has 0 aliphatic rings. The van der Waals surface area contributed by atoms with Crippen molar-refractivity contribution in [3.63, 3.8) is 0 Å². The molecule has 0 saturated heterocycles. The molecule has 0 aliphatic carbocycles. The standard InChI is InChI=1S/C22H21ClN4O/c1-28-16-7-9-19-18(14-16)22(17-8-6-15(23)13-20(17)27-19)26-12-4-11-25-21-5-2-3-10-24-21/h2-3,5-10,13-14H,4,11-12H2,1H3,(H,24,25)(H,26,27). The Kier molecular flexibility index (Phi) is 5.44. The van der Waals surface area contributed by atoms with Gasteiger partial charge in [-0.1, -0.05) is 17.7 Å². The minimum Gasteiger partial charge on any atom is -0.497 e. The van der Waals surface area contributed by atoms with Gasteiger partial charge in [-0.3, -0.25) is 0 Å². The second-order valence-electron chi connectivity index (χ2n) is 6.45. The van der Waals surface area contributed by atoms with Crippen LogP contribution in [-0.2, 0) is 0 Å². The Bertz CT molecular complexity index is 1100. The van der Waals surface area contributed by atoms with Crippen LogP contribution < -0.4 is 15.4 Å². The van der Waals surface area contributed by atoms with E-state index in [-0.39, 0.29) is 0 Å². The first-order valence-corrected chi connectivity index (χ1v) is 9.58. The Labute approximate surface area is 168 Å². The number of hydrogen-bond donors (Lipinski definition) is 2. The van der Waals surface area contributed by atoms with Crippen LogP contribution in [-0.4, -0.2) is 30.2 Å². The van der Waals surface area contributed by atoms with Crippen LogP contribution in [0.1, 0.15) is 6.42 Å². The van der Waals surface area contributed by atoms with Gasteiger partial charge in [0.15, 0.2) is 0 Å². The highest BCUT2D eigenvalue weighted by Gasteiger charge is 2.10. The van der Waals surface area contributed by atoms with E-state index in [4.69, 9.17) is 21.3 Å². The summed E-state index contributed by atoms with van der Waals surface area (Å²) in [6.07, 6.45) is 2.73. The second-order valence-corrected chi connectivity index (χ2v) is 6.89. The summed E-state index contributed by atoms with van der Waals surface area (Å²) in [7, 11) is 1.67. The molecule has 0 radical (unpaired) electrons. The minimum atomic E-state index is 0.679. The summed E-state index contributed by atoms with van der Waals surface area (Å²) in [5.41, 5.74) is 2.83. The SMILES string of the molecule is COc1ccc2nc3cc(Cl)ccc3c(NCCCNc3ccccn3)c2c1. The van der Waals surface area contributed by atoms with Gasteiger partial charge >= 0.3 is 0 Å². The average Bonchev–Trinajstić information content (AvgIpc) is 2.73. The van der Waals surface area contributed by atoms with E-state index in [2.05, 4.69) is 15.6 Å². The first kappa shape index (κ1) is 18.3. The molecule has 4 rings (SSSR count). The van der Waals surface area contributed by atoms with E-state index in [1.165, 1.54) is 0 Å². The molecule has 0 spiro atoms. The number of hydrogen-bond acceptors (Lipinski definition) is 5. The fourth-order valence-electron chi connectivity index (χ4n) is 3.20. The Morgan fingerprint density at radius 1 is 0.929 bits per heavy atom. The molecule has 2 heterocycles. The zero-order valence-electron chi connectivity index (χ0n) is 15.6. The van der Waals surface area contributed by atoms with Crippen LogP contribution in [0.25, 0.3) is 21.8 Å². The van der Waals surface area contributed by atoms with Crippen LogP contribution in [0.4, 0.5) is 11.5 Å². The number of anilines is 2. The molecule has 142 valence electrons. The molecular weight excluding hydrogens is 372 g/mol. The summed E-state index contributed by atoms with van der Waals surface area (Å²) >= 11 is 6.18. The molecular formula is C22H21ClN4O. The number of nitrogens with zero attached hydrogens (tertiary/aromatic N) is 2. The average molecular weight is 393 g/mol. The van der Waals surface area contributed by atoms with E-state index in [1.807, 2.05) is 54.6 Å². The zero-order valence-corrected chi connectivity index (χ0v) is 16.3. The summed E-state index contributed by atoms with van der Waals surface area (Å²) in [5.74, 6) is 1.70. The van der Waals surface area contributed by atoms with Gasteiger partial charge in [0.25, 0.3) is 0 Å². The van der Waals surface area contributed by atoms with Gasteiger partial charge in [-0.25, -0.2) is 9.97 Å². The molecule has 2 aromatic carbocycles. The largest absolute Gasteiger partial charge is 0.497 e. The van der Waals surface area contributed by atoms with Crippen molar-refractivity contribution >= 4 is 44.9 Å². The third-order valence-electron chi connectivity index (χ3n) is 4.57. The summed E-state index contributed by atoms with van der Waals surface area (Å²) in [6.45, 7) is 1.65. The predicted molar refractivity (Wildman–Crippen MR) is 117 cm³/mol. The lowest BCUT2D eigenvalue weighted by Gasteiger charge is -2.14. The molecule has 0 amide bonds. The van der Waals surface area contributed by atoms with Crippen LogP contribution in [0.2, 0.25) is 5.02 Å². The number of pyridine rings is 2. The minimum absolute atomic E-state index is 0.679. The van der Waals surface area contributed by atoms with Crippen molar-refractivity contribution in [2.24, 2.45) is 0 Å². The van der Waals surface area contributed by atoms with Gasteiger partial charge in [0.05, 0.1) is 23.8 Å². The Morgan fingerprint density at radius 2 is 1.82 bits per heavy atom. The summed E-state index contributed by atoms with van der Waals surface area (Å²) in [4.78, 5) is 9.04. The maximum atomic E-state index is 6.18. The monoisotopic (exact) mass is 392 g/mol. The maximum absolute atomic E-state index is 6.18. The lowest BCUT2D eigenvalue weighted by molar-refractivity contribution is 0.415. The third kappa shape index (κ3) is 3.94. The number of methoxy groups -OCH3 is 1. The number of nitrogens with one attached hydrogen (secondary N) is 2. The molecule has 4 aromatic rings. The molecule has 0 unspecified atom stereocenters. The predicted octanol–water partition coefficient (Wildman–Crippen LogP) is 5.36. The first-order chi connectivity index (χ1) is 13.7. The van der Waals surface area contributed by atoms with Crippen LogP contribution >= 0.6 is 11.6 Å². The number of benzene rings is 2. The number of rotatable bonds is 7. The fourth-order valence-corrected chi connectivity index (χ4v) is 3.37. The molecule has 0 saturated carbocycles. The second kappa shape index (κ2) is 8.31. The van der Waals surface area contributed by atoms with Crippen molar-refractivity contribution in [3.05, 3.63) is 65.8 Å². The quantitative estimate of drug-likeness (QED) is 0.327. The fraction of sp³-hybridized carbons (Fsp3) is 0.182. The van der Waals surface area contributed by atoms with E-state index in [1.54, 1.807) is 13.3 Å². The normalized spacial score (nSPS) is 10.9. The summed E-state index contributed by atoms with van der Waals surface area (Å²) < 4.78 is 5.41. The van der Waals surface area contributed by atoms with E-state index in [9.17, 15) is 0 Å². The van der Waals surface area contributed by atoms with E-state index < -0.39 is 0 Å². The first-order valence-electron chi connectivity index (χ1n) is 9.20. The van der Waals surface area contributed by atoms with Crippen molar-refractivity contribution < 1.29 is 4.74 Å². The summed E-state index contributed by atoms with van der Waals surface area (Å²) in [6, 6.07) is 17.6. The highest BCUT2D eigenvalue weighted by molar-refractivity contribution is 6.31. The molecule has 5 nitrogen and oxygen atoms in total. The highest BCUT2D eigenvalue weighted by Crippen LogP contribution is 2.34. The Morgan fingerprint density at radius 3 is 2.64 bits per heavy atom. The van der Waals surface area contributed by atoms with Crippen LogP contribution in [0, 0.1) is 0 Å². The Hall–Kier alpha value is -3.05. The van der Waals surface area contributed by atoms with Gasteiger partial charge in [0.2, 0.25) is 0 Å². The molecule has 6 heteroatoms. The van der Waals surface area contributed by atoms with E-state index in [0.29, 0.717) is 5.02 Å². The van der Waals surface area contributed by atoms with Gasteiger partial charge in [-0.05, 0) is 55.0 Å². The molecule has 0 atom stereocenters. The molecule has 2 N–H and O–H groups in total. The van der Waals surface area contributed by atoms with Crippen molar-refractivity contribution in [1.82, 2.24) is 9.97 Å². The van der Waals surface area contributed by atoms with E-state index >= 15 is 0 Å². The smallest absolute Gasteiger partial charge is 0.125 e. The molecule has 28 heavy (non-hydrogen) atoms. The molecule has 2 aromatic heterocycles. The van der Waals surface area contributed by atoms with Crippen molar-refractivity contribution in [2.75, 3.05) is 30.8 Å². The van der Waals surface area contributed by atoms with Gasteiger partial charge in [0.1, 0.15) is 11.6 Å². The van der Waals surface area contributed by atoms with Gasteiger partial charge in [-0.15, -0.1) is 0 Å². The van der Waals surface area contributed by atoms with E-state index in [0.717, 1.165) is 58.6 Å². The van der Waals surface area contributed by atoms with Crippen LogP contribution in [0.3, 0.4) is 0 Å². The summed E-state index contributed by atoms with van der Waals surface area (Å²) in [5, 5.41) is 9.68. The number of ether oxygens (including phenoxy) is 1. The zero-order chi connectivity index (χ0) is 19.3. The van der Waals surface area contributed by atoms with Crippen LogP contribution in [0.15, 0.2) is 60.8 Å². The van der Waals surface area contributed by atoms with Gasteiger partial charge in [-0.2, -0.15) is 0 Å². The van der Waals surface area contributed by atoms with Crippen molar-refractivity contribution in [3.8, 4) is 5.75 Å². The molecule has 0 fully saturated rings. The lowest BCUT2D eigenvalue weighted by Crippen LogP contribution is -2.10. The van der Waals surface area contributed by atoms with Gasteiger partial charge in [0, 0.05) is 35.1 Å².